The number of anilines is 2. The molecule has 3 aromatic rings. The Morgan fingerprint density at radius 3 is 2.17 bits per heavy atom. The van der Waals surface area contributed by atoms with Crippen molar-refractivity contribution in [2.45, 2.75) is 19.9 Å². The topological polar surface area (TPSA) is 52.7 Å². The summed E-state index contributed by atoms with van der Waals surface area (Å²) in [6, 6.07) is 25.0. The molecule has 1 atom stereocenters. The molecule has 5 nitrogen and oxygen atoms in total. The van der Waals surface area contributed by atoms with E-state index >= 15 is 0 Å². The van der Waals surface area contributed by atoms with Crippen molar-refractivity contribution in [1.29, 1.82) is 0 Å². The number of nitrogens with one attached hydrogen (secondary N) is 1. The second-order valence-electron chi connectivity index (χ2n) is 7.57. The lowest BCUT2D eigenvalue weighted by Gasteiger charge is -2.39. The van der Waals surface area contributed by atoms with Crippen molar-refractivity contribution in [2.24, 2.45) is 0 Å². The first-order valence-electron chi connectivity index (χ1n) is 10.1. The second-order valence-corrected chi connectivity index (χ2v) is 7.57. The van der Waals surface area contributed by atoms with Crippen LogP contribution in [0.2, 0.25) is 0 Å². The van der Waals surface area contributed by atoms with Crippen molar-refractivity contribution in [3.05, 3.63) is 84.4 Å². The number of aryl methyl sites for hydroxylation is 1. The summed E-state index contributed by atoms with van der Waals surface area (Å²) in [7, 11) is 0. The molecule has 30 heavy (non-hydrogen) atoms. The van der Waals surface area contributed by atoms with Crippen LogP contribution in [0.1, 0.15) is 12.5 Å². The van der Waals surface area contributed by atoms with E-state index in [1.165, 1.54) is 0 Å². The SMILES string of the molecule is Cc1ccc(NC(=O)N2CCN(c3ccc(-c4ccccc4)cc3)C(=O)[C@@H]2C)cc1. The first kappa shape index (κ1) is 19.7. The standard InChI is InChI=1S/C25H25N3O2/c1-18-8-12-22(13-9-18)26-25(30)27-16-17-28(24(29)19(27)2)23-14-10-21(11-15-23)20-6-4-3-5-7-20/h3-15,19H,16-17H2,1-2H3,(H,26,30)/t19-/m0/s1. The van der Waals surface area contributed by atoms with Crippen molar-refractivity contribution >= 4 is 23.3 Å². The highest BCUT2D eigenvalue weighted by molar-refractivity contribution is 6.02. The molecule has 3 aromatic carbocycles. The summed E-state index contributed by atoms with van der Waals surface area (Å²) in [4.78, 5) is 29.0. The highest BCUT2D eigenvalue weighted by Gasteiger charge is 2.35. The minimum Gasteiger partial charge on any atom is -0.311 e. The van der Waals surface area contributed by atoms with Crippen molar-refractivity contribution in [1.82, 2.24) is 4.90 Å². The van der Waals surface area contributed by atoms with Crippen molar-refractivity contribution in [3.8, 4) is 11.1 Å². The van der Waals surface area contributed by atoms with Gasteiger partial charge in [-0.15, -0.1) is 0 Å². The number of nitrogens with zero attached hydrogens (tertiary/aromatic N) is 2. The number of piperazine rings is 1. The van der Waals surface area contributed by atoms with E-state index < -0.39 is 6.04 Å². The molecule has 1 N–H and O–H groups in total. The number of urea groups is 1. The molecule has 0 bridgehead atoms. The molecular formula is C25H25N3O2. The predicted octanol–water partition coefficient (Wildman–Crippen LogP) is 4.93. The van der Waals surface area contributed by atoms with Gasteiger partial charge < -0.3 is 15.1 Å². The molecule has 0 aliphatic carbocycles. The maximum Gasteiger partial charge on any atom is 0.322 e. The Kier molecular flexibility index (Phi) is 5.53. The number of benzene rings is 3. The average molecular weight is 399 g/mol. The van der Waals surface area contributed by atoms with Gasteiger partial charge in [-0.1, -0.05) is 60.2 Å². The molecule has 0 unspecified atom stereocenters. The Bertz CT molecular complexity index is 1030. The van der Waals surface area contributed by atoms with Crippen LogP contribution < -0.4 is 10.2 Å². The lowest BCUT2D eigenvalue weighted by Crippen LogP contribution is -2.58. The van der Waals surface area contributed by atoms with Gasteiger partial charge in [0, 0.05) is 24.5 Å². The molecule has 5 heteroatoms. The summed E-state index contributed by atoms with van der Waals surface area (Å²) in [5.74, 6) is -0.0761. The number of hydrogen-bond acceptors (Lipinski definition) is 2. The van der Waals surface area contributed by atoms with Gasteiger partial charge in [0.15, 0.2) is 0 Å². The molecule has 1 aliphatic rings. The molecule has 1 heterocycles. The van der Waals surface area contributed by atoms with Crippen LogP contribution in [-0.2, 0) is 4.79 Å². The van der Waals surface area contributed by atoms with Crippen molar-refractivity contribution in [2.75, 3.05) is 23.3 Å². The molecule has 0 saturated carbocycles. The Morgan fingerprint density at radius 1 is 0.867 bits per heavy atom. The molecule has 4 rings (SSSR count). The molecule has 1 aliphatic heterocycles. The Morgan fingerprint density at radius 2 is 1.50 bits per heavy atom. The third kappa shape index (κ3) is 4.06. The molecule has 3 amide bonds. The van der Waals surface area contributed by atoms with Crippen LogP contribution in [-0.4, -0.2) is 36.0 Å². The van der Waals surface area contributed by atoms with E-state index in [4.69, 9.17) is 0 Å². The van der Waals surface area contributed by atoms with Crippen LogP contribution >= 0.6 is 0 Å². The summed E-state index contributed by atoms with van der Waals surface area (Å²) in [5.41, 5.74) is 4.95. The van der Waals surface area contributed by atoms with Gasteiger partial charge in [-0.3, -0.25) is 4.79 Å². The third-order valence-electron chi connectivity index (χ3n) is 5.51. The fourth-order valence-electron chi connectivity index (χ4n) is 3.70. The normalized spacial score (nSPS) is 16.5. The minimum atomic E-state index is -0.530. The van der Waals surface area contributed by atoms with E-state index in [9.17, 15) is 9.59 Å². The number of carbonyl (C=O) groups excluding carboxylic acids is 2. The van der Waals surface area contributed by atoms with Crippen LogP contribution in [0.15, 0.2) is 78.9 Å². The predicted molar refractivity (Wildman–Crippen MR) is 121 cm³/mol. The maximum atomic E-state index is 13.0. The zero-order chi connectivity index (χ0) is 21.1. The molecule has 152 valence electrons. The van der Waals surface area contributed by atoms with Gasteiger partial charge >= 0.3 is 6.03 Å². The van der Waals surface area contributed by atoms with Gasteiger partial charge in [0.1, 0.15) is 6.04 Å². The van der Waals surface area contributed by atoms with Crippen LogP contribution in [0.5, 0.6) is 0 Å². The first-order valence-corrected chi connectivity index (χ1v) is 10.1. The van der Waals surface area contributed by atoms with Gasteiger partial charge in [0.05, 0.1) is 0 Å². The fourth-order valence-corrected chi connectivity index (χ4v) is 3.70. The molecule has 0 spiro atoms. The number of carbonyl (C=O) groups is 2. The number of hydrogen-bond donors (Lipinski definition) is 1. The molecule has 1 fully saturated rings. The lowest BCUT2D eigenvalue weighted by atomic mass is 10.0. The van der Waals surface area contributed by atoms with E-state index in [1.807, 2.05) is 73.7 Å². The lowest BCUT2D eigenvalue weighted by molar-refractivity contribution is -0.123. The highest BCUT2D eigenvalue weighted by atomic mass is 16.2. The van der Waals surface area contributed by atoms with Gasteiger partial charge in [0.25, 0.3) is 0 Å². The van der Waals surface area contributed by atoms with Crippen LogP contribution in [0.4, 0.5) is 16.2 Å². The first-order chi connectivity index (χ1) is 14.5. The average Bonchev–Trinajstić information content (AvgIpc) is 2.78. The van der Waals surface area contributed by atoms with Gasteiger partial charge in [-0.05, 0) is 49.2 Å². The Labute approximate surface area is 176 Å². The van der Waals surface area contributed by atoms with Gasteiger partial charge in [-0.25, -0.2) is 4.79 Å². The zero-order valence-corrected chi connectivity index (χ0v) is 17.2. The number of rotatable bonds is 3. The minimum absolute atomic E-state index is 0.0761. The molecule has 1 saturated heterocycles. The maximum absolute atomic E-state index is 13.0. The van der Waals surface area contributed by atoms with Crippen LogP contribution in [0.25, 0.3) is 11.1 Å². The highest BCUT2D eigenvalue weighted by Crippen LogP contribution is 2.25. The van der Waals surface area contributed by atoms with Gasteiger partial charge in [0.2, 0.25) is 5.91 Å². The summed E-state index contributed by atoms with van der Waals surface area (Å²) in [6.45, 7) is 4.72. The van der Waals surface area contributed by atoms with Crippen LogP contribution in [0.3, 0.4) is 0 Å². The quantitative estimate of drug-likeness (QED) is 0.679. The summed E-state index contributed by atoms with van der Waals surface area (Å²) < 4.78 is 0. The molecule has 0 aromatic heterocycles. The third-order valence-corrected chi connectivity index (χ3v) is 5.51. The Hall–Kier alpha value is -3.60. The largest absolute Gasteiger partial charge is 0.322 e. The summed E-state index contributed by atoms with van der Waals surface area (Å²) in [6.07, 6.45) is 0. The van der Waals surface area contributed by atoms with E-state index in [0.717, 1.165) is 28.1 Å². The fraction of sp³-hybridized carbons (Fsp3) is 0.200. The zero-order valence-electron chi connectivity index (χ0n) is 17.2. The monoisotopic (exact) mass is 399 g/mol. The van der Waals surface area contributed by atoms with E-state index in [-0.39, 0.29) is 11.9 Å². The second kappa shape index (κ2) is 8.41. The summed E-state index contributed by atoms with van der Waals surface area (Å²) in [5, 5.41) is 2.89. The van der Waals surface area contributed by atoms with Crippen molar-refractivity contribution in [3.63, 3.8) is 0 Å². The molecular weight excluding hydrogens is 374 g/mol. The number of amides is 3. The van der Waals surface area contributed by atoms with E-state index in [0.29, 0.717) is 13.1 Å². The van der Waals surface area contributed by atoms with E-state index in [2.05, 4.69) is 17.4 Å². The van der Waals surface area contributed by atoms with Gasteiger partial charge in [-0.2, -0.15) is 0 Å². The summed E-state index contributed by atoms with van der Waals surface area (Å²) >= 11 is 0. The Balaban J connectivity index is 1.44. The molecule has 0 radical (unpaired) electrons. The van der Waals surface area contributed by atoms with Crippen molar-refractivity contribution < 1.29 is 9.59 Å². The smallest absolute Gasteiger partial charge is 0.311 e. The van der Waals surface area contributed by atoms with E-state index in [1.54, 1.807) is 16.7 Å². The van der Waals surface area contributed by atoms with Crippen LogP contribution in [0, 0.1) is 6.92 Å².